The second-order valence-corrected chi connectivity index (χ2v) is 12.7. The molecule has 5 nitrogen and oxygen atoms in total. The molecule has 0 aliphatic heterocycles. The minimum Gasteiger partial charge on any atom is -0.356 e. The smallest absolute Gasteiger partial charge is 0.317 e. The highest BCUT2D eigenvalue weighted by Crippen LogP contribution is 2.28. The normalized spacial score (nSPS) is 12.5. The molecular formula is C39H47N3O2. The molecule has 0 spiro atoms. The predicted molar refractivity (Wildman–Crippen MR) is 185 cm³/mol. The van der Waals surface area contributed by atoms with Crippen molar-refractivity contribution in [2.75, 3.05) is 15.1 Å². The van der Waals surface area contributed by atoms with Gasteiger partial charge in [-0.15, -0.1) is 0 Å². The van der Waals surface area contributed by atoms with Crippen LogP contribution in [0.15, 0.2) is 109 Å². The summed E-state index contributed by atoms with van der Waals surface area (Å²) < 4.78 is 0. The molecule has 0 heterocycles. The number of carbonyl (C=O) groups is 2. The molecule has 2 amide bonds. The Balaban J connectivity index is 1.63. The van der Waals surface area contributed by atoms with E-state index in [-0.39, 0.29) is 12.1 Å². The number of carbonyl (C=O) groups excluding carboxylic acids is 2. The molecule has 0 radical (unpaired) electrons. The van der Waals surface area contributed by atoms with Gasteiger partial charge in [-0.1, -0.05) is 88.4 Å². The van der Waals surface area contributed by atoms with Gasteiger partial charge in [-0.25, -0.2) is 0 Å². The molecule has 4 aromatic rings. The first kappa shape index (κ1) is 32.5. The summed E-state index contributed by atoms with van der Waals surface area (Å²) in [5.41, 5.74) is 5.75. The number of para-hydroxylation sites is 1. The third-order valence-corrected chi connectivity index (χ3v) is 7.80. The van der Waals surface area contributed by atoms with Crippen molar-refractivity contribution in [3.8, 4) is 0 Å². The fourth-order valence-corrected chi connectivity index (χ4v) is 5.92. The third kappa shape index (κ3) is 8.82. The van der Waals surface area contributed by atoms with Crippen LogP contribution in [-0.4, -0.2) is 23.9 Å². The van der Waals surface area contributed by atoms with Crippen molar-refractivity contribution in [2.45, 2.75) is 72.9 Å². The van der Waals surface area contributed by atoms with Crippen LogP contribution in [0.25, 0.3) is 0 Å². The molecule has 4 rings (SSSR count). The number of nitrogens with zero attached hydrogens (tertiary/aromatic N) is 2. The van der Waals surface area contributed by atoms with Crippen molar-refractivity contribution in [3.05, 3.63) is 120 Å². The quantitative estimate of drug-likeness (QED) is 0.168. The molecule has 0 aromatic heterocycles. The van der Waals surface area contributed by atoms with Gasteiger partial charge in [-0.2, -0.15) is 0 Å². The van der Waals surface area contributed by atoms with Crippen molar-refractivity contribution < 1.29 is 9.59 Å². The molecule has 2 unspecified atom stereocenters. The van der Waals surface area contributed by atoms with E-state index in [9.17, 15) is 9.59 Å². The number of nitrogens with one attached hydrogen (secondary N) is 1. The summed E-state index contributed by atoms with van der Waals surface area (Å²) >= 11 is 0. The number of hydrogen-bond acceptors (Lipinski definition) is 3. The van der Waals surface area contributed by atoms with E-state index in [1.165, 1.54) is 5.56 Å². The van der Waals surface area contributed by atoms with Gasteiger partial charge < -0.3 is 15.1 Å². The van der Waals surface area contributed by atoms with Gasteiger partial charge in [0.1, 0.15) is 0 Å². The standard InChI is InChI=1S/C39H47N3O2/c1-28(2)25-30(5)41(36-21-17-33(18-22-36)27-32-13-9-7-10-14-32)38(43)39(44)42(31(6)26-29(3)4)37-23-19-35(20-24-37)40-34-15-11-8-12-16-34/h7-24,28-31,40H,25-27H2,1-6H3. The predicted octanol–water partition coefficient (Wildman–Crippen LogP) is 9.26. The Kier molecular flexibility index (Phi) is 11.4. The number of benzene rings is 4. The molecule has 0 saturated heterocycles. The second-order valence-electron chi connectivity index (χ2n) is 12.7. The van der Waals surface area contributed by atoms with Gasteiger partial charge >= 0.3 is 11.8 Å². The lowest BCUT2D eigenvalue weighted by atomic mass is 10.0. The van der Waals surface area contributed by atoms with Gasteiger partial charge in [-0.3, -0.25) is 9.59 Å². The molecular weight excluding hydrogens is 542 g/mol. The summed E-state index contributed by atoms with van der Waals surface area (Å²) in [6, 6.07) is 35.8. The van der Waals surface area contributed by atoms with Gasteiger partial charge in [0.15, 0.2) is 0 Å². The van der Waals surface area contributed by atoms with Crippen molar-refractivity contribution in [3.63, 3.8) is 0 Å². The van der Waals surface area contributed by atoms with E-state index in [1.807, 2.05) is 98.8 Å². The summed E-state index contributed by atoms with van der Waals surface area (Å²) in [5.74, 6) is -0.280. The van der Waals surface area contributed by atoms with Crippen LogP contribution in [-0.2, 0) is 16.0 Å². The summed E-state index contributed by atoms with van der Waals surface area (Å²) in [7, 11) is 0. The van der Waals surface area contributed by atoms with Gasteiger partial charge in [-0.05, 0) is 105 Å². The topological polar surface area (TPSA) is 52.7 Å². The van der Waals surface area contributed by atoms with Crippen molar-refractivity contribution in [2.24, 2.45) is 11.8 Å². The van der Waals surface area contributed by atoms with Crippen LogP contribution in [0.3, 0.4) is 0 Å². The summed E-state index contributed by atoms with van der Waals surface area (Å²) in [6.07, 6.45) is 2.37. The zero-order valence-corrected chi connectivity index (χ0v) is 27.0. The summed E-state index contributed by atoms with van der Waals surface area (Å²) in [5, 5.41) is 3.40. The Hall–Kier alpha value is -4.38. The number of amides is 2. The van der Waals surface area contributed by atoms with E-state index in [0.29, 0.717) is 17.5 Å². The molecule has 5 heteroatoms. The molecule has 0 saturated carbocycles. The molecule has 230 valence electrons. The molecule has 44 heavy (non-hydrogen) atoms. The van der Waals surface area contributed by atoms with Gasteiger partial charge in [0.05, 0.1) is 0 Å². The number of rotatable bonds is 12. The molecule has 2 atom stereocenters. The van der Waals surface area contributed by atoms with Gasteiger partial charge in [0.25, 0.3) is 0 Å². The highest BCUT2D eigenvalue weighted by atomic mass is 16.2. The minimum absolute atomic E-state index is 0.147. The molecule has 4 aromatic carbocycles. The Labute approximate surface area is 263 Å². The highest BCUT2D eigenvalue weighted by molar-refractivity contribution is 6.45. The van der Waals surface area contributed by atoms with E-state index in [1.54, 1.807) is 9.80 Å². The van der Waals surface area contributed by atoms with Gasteiger partial charge in [0, 0.05) is 34.8 Å². The SMILES string of the molecule is CC(C)CC(C)N(C(=O)C(=O)N(c1ccc(Nc2ccccc2)cc1)C(C)CC(C)C)c1ccc(Cc2ccccc2)cc1. The highest BCUT2D eigenvalue weighted by Gasteiger charge is 2.34. The lowest BCUT2D eigenvalue weighted by Crippen LogP contribution is -2.52. The Morgan fingerprint density at radius 2 is 0.909 bits per heavy atom. The molecule has 0 bridgehead atoms. The van der Waals surface area contributed by atoms with Gasteiger partial charge in [0.2, 0.25) is 0 Å². The van der Waals surface area contributed by atoms with Crippen molar-refractivity contribution >= 4 is 34.6 Å². The maximum Gasteiger partial charge on any atom is 0.317 e. The fourth-order valence-electron chi connectivity index (χ4n) is 5.92. The second kappa shape index (κ2) is 15.4. The largest absolute Gasteiger partial charge is 0.356 e. The Bertz CT molecular complexity index is 1350. The van der Waals surface area contributed by atoms with E-state index in [2.05, 4.69) is 57.3 Å². The van der Waals surface area contributed by atoms with Crippen LogP contribution in [0.4, 0.5) is 22.7 Å². The molecule has 0 fully saturated rings. The third-order valence-electron chi connectivity index (χ3n) is 7.80. The van der Waals surface area contributed by atoms with E-state index < -0.39 is 11.8 Å². The first-order valence-corrected chi connectivity index (χ1v) is 15.8. The lowest BCUT2D eigenvalue weighted by molar-refractivity contribution is -0.136. The number of hydrogen-bond donors (Lipinski definition) is 1. The minimum atomic E-state index is -0.508. The lowest BCUT2D eigenvalue weighted by Gasteiger charge is -2.35. The molecule has 0 aliphatic carbocycles. The molecule has 1 N–H and O–H groups in total. The average Bonchev–Trinajstić information content (AvgIpc) is 2.99. The van der Waals surface area contributed by atoms with E-state index in [4.69, 9.17) is 0 Å². The maximum absolute atomic E-state index is 14.3. The van der Waals surface area contributed by atoms with Crippen molar-refractivity contribution in [1.82, 2.24) is 0 Å². The Morgan fingerprint density at radius 1 is 0.523 bits per heavy atom. The van der Waals surface area contributed by atoms with Crippen LogP contribution < -0.4 is 15.1 Å². The van der Waals surface area contributed by atoms with E-state index >= 15 is 0 Å². The van der Waals surface area contributed by atoms with Crippen LogP contribution in [0, 0.1) is 11.8 Å². The summed E-state index contributed by atoms with van der Waals surface area (Å²) in [6.45, 7) is 12.6. The summed E-state index contributed by atoms with van der Waals surface area (Å²) in [4.78, 5) is 31.9. The Morgan fingerprint density at radius 3 is 1.36 bits per heavy atom. The monoisotopic (exact) mass is 589 g/mol. The first-order chi connectivity index (χ1) is 21.1. The fraction of sp³-hybridized carbons (Fsp3) is 0.333. The number of anilines is 4. The zero-order valence-electron chi connectivity index (χ0n) is 27.0. The maximum atomic E-state index is 14.3. The van der Waals surface area contributed by atoms with Crippen LogP contribution >= 0.6 is 0 Å². The average molecular weight is 590 g/mol. The van der Waals surface area contributed by atoms with E-state index in [0.717, 1.165) is 41.9 Å². The zero-order chi connectivity index (χ0) is 31.6. The molecule has 0 aliphatic rings. The van der Waals surface area contributed by atoms with Crippen LogP contribution in [0.5, 0.6) is 0 Å². The van der Waals surface area contributed by atoms with Crippen LogP contribution in [0.1, 0.15) is 65.5 Å². The van der Waals surface area contributed by atoms with Crippen molar-refractivity contribution in [1.29, 1.82) is 0 Å². The first-order valence-electron chi connectivity index (χ1n) is 15.8. The van der Waals surface area contributed by atoms with Crippen LogP contribution in [0.2, 0.25) is 0 Å².